The second kappa shape index (κ2) is 7.69. The minimum absolute atomic E-state index is 0.0331. The van der Waals surface area contributed by atoms with Crippen LogP contribution in [0.2, 0.25) is 0 Å². The Morgan fingerprint density at radius 3 is 2.17 bits per heavy atom. The van der Waals surface area contributed by atoms with Crippen LogP contribution < -0.4 is 5.32 Å². The van der Waals surface area contributed by atoms with Crippen molar-refractivity contribution < 1.29 is 4.79 Å². The van der Waals surface area contributed by atoms with E-state index >= 15 is 0 Å². The van der Waals surface area contributed by atoms with E-state index in [0.29, 0.717) is 5.75 Å². The molecule has 23 heavy (non-hydrogen) atoms. The van der Waals surface area contributed by atoms with Crippen molar-refractivity contribution in [1.29, 1.82) is 0 Å². The van der Waals surface area contributed by atoms with E-state index in [4.69, 9.17) is 0 Å². The summed E-state index contributed by atoms with van der Waals surface area (Å²) < 4.78 is 0. The summed E-state index contributed by atoms with van der Waals surface area (Å²) in [6.45, 7) is 10.5. The summed E-state index contributed by atoms with van der Waals surface area (Å²) in [4.78, 5) is 13.5. The van der Waals surface area contributed by atoms with Crippen molar-refractivity contribution in [3.8, 4) is 0 Å². The number of nitrogens with one attached hydrogen (secondary N) is 1. The maximum atomic E-state index is 12.3. The molecule has 0 saturated carbocycles. The number of aryl methyl sites for hydroxylation is 2. The van der Waals surface area contributed by atoms with E-state index in [1.165, 1.54) is 27.1 Å². The Bertz CT molecular complexity index is 668. The maximum Gasteiger partial charge on any atom is 0.230 e. The molecule has 0 aliphatic carbocycles. The number of hydrogen-bond acceptors (Lipinski definition) is 2. The number of carbonyl (C=O) groups excluding carboxylic acids is 1. The van der Waals surface area contributed by atoms with E-state index < -0.39 is 0 Å². The Morgan fingerprint density at radius 1 is 1.04 bits per heavy atom. The fourth-order valence-corrected chi connectivity index (χ4v) is 3.76. The zero-order chi connectivity index (χ0) is 17.0. The normalized spacial score (nSPS) is 12.0. The van der Waals surface area contributed by atoms with Crippen LogP contribution in [0.1, 0.15) is 40.8 Å². The van der Waals surface area contributed by atoms with E-state index in [1.807, 2.05) is 37.3 Å². The van der Waals surface area contributed by atoms with Crippen LogP contribution in [0, 0.1) is 27.7 Å². The zero-order valence-electron chi connectivity index (χ0n) is 14.6. The van der Waals surface area contributed by atoms with Crippen molar-refractivity contribution in [2.75, 3.05) is 5.75 Å². The predicted molar refractivity (Wildman–Crippen MR) is 99.1 cm³/mol. The van der Waals surface area contributed by atoms with Crippen LogP contribution in [0.15, 0.2) is 41.3 Å². The van der Waals surface area contributed by atoms with Crippen molar-refractivity contribution >= 4 is 17.7 Å². The van der Waals surface area contributed by atoms with Gasteiger partial charge in [0.25, 0.3) is 0 Å². The molecule has 0 spiro atoms. The van der Waals surface area contributed by atoms with E-state index in [9.17, 15) is 4.79 Å². The monoisotopic (exact) mass is 327 g/mol. The average molecular weight is 327 g/mol. The third-order valence-electron chi connectivity index (χ3n) is 4.32. The lowest BCUT2D eigenvalue weighted by atomic mass is 10.0. The summed E-state index contributed by atoms with van der Waals surface area (Å²) in [6, 6.07) is 12.3. The molecule has 0 radical (unpaired) electrons. The molecule has 1 atom stereocenters. The van der Waals surface area contributed by atoms with Crippen LogP contribution in [0.5, 0.6) is 0 Å². The molecule has 0 unspecified atom stereocenters. The van der Waals surface area contributed by atoms with E-state index in [-0.39, 0.29) is 11.9 Å². The Balaban J connectivity index is 2.00. The lowest BCUT2D eigenvalue weighted by Gasteiger charge is -2.16. The number of benzene rings is 2. The number of amides is 1. The van der Waals surface area contributed by atoms with Gasteiger partial charge in [-0.25, -0.2) is 0 Å². The number of carbonyl (C=O) groups is 1. The Hall–Kier alpha value is -1.74. The molecule has 2 aromatic carbocycles. The highest BCUT2D eigenvalue weighted by Crippen LogP contribution is 2.30. The first-order valence-electron chi connectivity index (χ1n) is 7.94. The molecule has 122 valence electrons. The summed E-state index contributed by atoms with van der Waals surface area (Å²) in [6.07, 6.45) is 0. The van der Waals surface area contributed by atoms with Crippen molar-refractivity contribution in [3.05, 3.63) is 64.2 Å². The quantitative estimate of drug-likeness (QED) is 0.792. The highest BCUT2D eigenvalue weighted by molar-refractivity contribution is 8.00. The summed E-state index contributed by atoms with van der Waals surface area (Å²) in [5, 5.41) is 3.07. The van der Waals surface area contributed by atoms with E-state index in [2.05, 4.69) is 39.1 Å². The lowest BCUT2D eigenvalue weighted by molar-refractivity contribution is -0.119. The smallest absolute Gasteiger partial charge is 0.230 e. The molecule has 0 heterocycles. The van der Waals surface area contributed by atoms with Gasteiger partial charge in [0.15, 0.2) is 0 Å². The van der Waals surface area contributed by atoms with Gasteiger partial charge in [-0.1, -0.05) is 36.4 Å². The van der Waals surface area contributed by atoms with Gasteiger partial charge in [-0.15, -0.1) is 11.8 Å². The van der Waals surface area contributed by atoms with Gasteiger partial charge in [0, 0.05) is 4.90 Å². The first-order valence-corrected chi connectivity index (χ1v) is 8.93. The van der Waals surface area contributed by atoms with Crippen molar-refractivity contribution in [2.24, 2.45) is 0 Å². The van der Waals surface area contributed by atoms with Gasteiger partial charge in [-0.05, 0) is 62.4 Å². The molecule has 0 aliphatic rings. The molecule has 0 aliphatic heterocycles. The van der Waals surface area contributed by atoms with Gasteiger partial charge in [0.05, 0.1) is 11.8 Å². The lowest BCUT2D eigenvalue weighted by Crippen LogP contribution is -2.28. The molecule has 2 aromatic rings. The maximum absolute atomic E-state index is 12.3. The van der Waals surface area contributed by atoms with Crippen molar-refractivity contribution in [2.45, 2.75) is 45.6 Å². The van der Waals surface area contributed by atoms with Crippen LogP contribution in [0.4, 0.5) is 0 Å². The second-order valence-corrected chi connectivity index (χ2v) is 7.06. The van der Waals surface area contributed by atoms with Gasteiger partial charge in [-0.3, -0.25) is 4.79 Å². The van der Waals surface area contributed by atoms with E-state index in [1.54, 1.807) is 11.8 Å². The van der Waals surface area contributed by atoms with Crippen molar-refractivity contribution in [1.82, 2.24) is 5.32 Å². The van der Waals surface area contributed by atoms with Gasteiger partial charge in [0.2, 0.25) is 5.91 Å². The van der Waals surface area contributed by atoms with Gasteiger partial charge in [0.1, 0.15) is 0 Å². The molecule has 1 amide bonds. The number of hydrogen-bond donors (Lipinski definition) is 1. The van der Waals surface area contributed by atoms with Crippen LogP contribution in [-0.2, 0) is 4.79 Å². The summed E-state index contributed by atoms with van der Waals surface area (Å²) in [7, 11) is 0. The van der Waals surface area contributed by atoms with Gasteiger partial charge < -0.3 is 5.32 Å². The molecule has 1 N–H and O–H groups in total. The van der Waals surface area contributed by atoms with Gasteiger partial charge >= 0.3 is 0 Å². The predicted octanol–water partition coefficient (Wildman–Crippen LogP) is 4.89. The third-order valence-corrected chi connectivity index (χ3v) is 5.63. The fourth-order valence-electron chi connectivity index (χ4n) is 2.64. The molecule has 0 aromatic heterocycles. The van der Waals surface area contributed by atoms with E-state index in [0.717, 1.165) is 5.56 Å². The van der Waals surface area contributed by atoms with Crippen LogP contribution in [0.3, 0.4) is 0 Å². The minimum Gasteiger partial charge on any atom is -0.349 e. The van der Waals surface area contributed by atoms with Crippen LogP contribution >= 0.6 is 11.8 Å². The molecular formula is C20H25NOS. The molecule has 0 bridgehead atoms. The molecule has 3 heteroatoms. The minimum atomic E-state index is 0.0331. The molecule has 0 saturated heterocycles. The third kappa shape index (κ3) is 4.38. The summed E-state index contributed by atoms with van der Waals surface area (Å²) in [5.74, 6) is 0.520. The molecule has 2 nitrogen and oxygen atoms in total. The standard InChI is InChI=1S/C20H25NOS/c1-13-11-14(2)16(4)20(15(13)3)23-12-19(22)21-17(5)18-9-7-6-8-10-18/h6-11,17H,12H2,1-5H3,(H,21,22)/t17-/m0/s1. The van der Waals surface area contributed by atoms with Crippen LogP contribution in [-0.4, -0.2) is 11.7 Å². The number of rotatable bonds is 5. The first kappa shape index (κ1) is 17.6. The Kier molecular flexibility index (Phi) is 5.89. The largest absolute Gasteiger partial charge is 0.349 e. The molecule has 0 fully saturated rings. The topological polar surface area (TPSA) is 29.1 Å². The Labute approximate surface area is 143 Å². The number of thioether (sulfide) groups is 1. The highest BCUT2D eigenvalue weighted by atomic mass is 32.2. The zero-order valence-corrected chi connectivity index (χ0v) is 15.4. The van der Waals surface area contributed by atoms with Crippen molar-refractivity contribution in [3.63, 3.8) is 0 Å². The second-order valence-electron chi connectivity index (χ2n) is 6.08. The molecular weight excluding hydrogens is 302 g/mol. The molecule has 2 rings (SSSR count). The average Bonchev–Trinajstić information content (AvgIpc) is 2.53. The summed E-state index contributed by atoms with van der Waals surface area (Å²) in [5.41, 5.74) is 6.26. The Morgan fingerprint density at radius 2 is 1.61 bits per heavy atom. The summed E-state index contributed by atoms with van der Waals surface area (Å²) >= 11 is 1.64. The first-order chi connectivity index (χ1) is 10.9. The van der Waals surface area contributed by atoms with Gasteiger partial charge in [-0.2, -0.15) is 0 Å². The SMILES string of the molecule is Cc1cc(C)c(C)c(SCC(=O)N[C@@H](C)c2ccccc2)c1C. The fraction of sp³-hybridized carbons (Fsp3) is 0.350. The highest BCUT2D eigenvalue weighted by Gasteiger charge is 2.13. The van der Waals surface area contributed by atoms with Crippen LogP contribution in [0.25, 0.3) is 0 Å².